The molecule has 0 unspecified atom stereocenters. The maximum atomic E-state index is 5.63. The summed E-state index contributed by atoms with van der Waals surface area (Å²) in [5.41, 5.74) is 1.39. The van der Waals surface area contributed by atoms with E-state index in [1.165, 1.54) is 76.8 Å². The fraction of sp³-hybridized carbons (Fsp3) is 0.783. The minimum Gasteiger partial charge on any atom is -0.381 e. The molecule has 4 rings (SSSR count). The van der Waals surface area contributed by atoms with Crippen molar-refractivity contribution in [1.29, 1.82) is 0 Å². The second-order valence-electron chi connectivity index (χ2n) is 9.14. The van der Waals surface area contributed by atoms with Crippen LogP contribution in [0.2, 0.25) is 0 Å². The van der Waals surface area contributed by atoms with Crippen LogP contribution in [0, 0.1) is 5.92 Å². The predicted molar refractivity (Wildman–Crippen MR) is 113 cm³/mol. The molecule has 156 valence electrons. The molecule has 0 radical (unpaired) electrons. The highest BCUT2D eigenvalue weighted by Gasteiger charge is 2.30. The number of nitrogens with zero attached hydrogens (tertiary/aromatic N) is 4. The molecule has 3 aliphatic heterocycles. The van der Waals surface area contributed by atoms with E-state index >= 15 is 0 Å². The summed E-state index contributed by atoms with van der Waals surface area (Å²) in [5.74, 6) is 0.840. The average molecular weight is 387 g/mol. The highest BCUT2D eigenvalue weighted by molar-refractivity contribution is 5.09. The molecular weight excluding hydrogens is 348 g/mol. The van der Waals surface area contributed by atoms with E-state index in [4.69, 9.17) is 4.74 Å². The van der Waals surface area contributed by atoms with Gasteiger partial charge in [0.25, 0.3) is 0 Å². The zero-order valence-corrected chi connectivity index (χ0v) is 17.6. The third-order valence-electron chi connectivity index (χ3n) is 7.19. The summed E-state index contributed by atoms with van der Waals surface area (Å²) in [7, 11) is 2.26. The van der Waals surface area contributed by atoms with E-state index < -0.39 is 0 Å². The fourth-order valence-corrected chi connectivity index (χ4v) is 5.31. The van der Waals surface area contributed by atoms with E-state index in [1.54, 1.807) is 0 Å². The lowest BCUT2D eigenvalue weighted by Gasteiger charge is -2.43. The largest absolute Gasteiger partial charge is 0.381 e. The average Bonchev–Trinajstić information content (AvgIpc) is 2.76. The molecule has 4 heterocycles. The summed E-state index contributed by atoms with van der Waals surface area (Å²) >= 11 is 0. The van der Waals surface area contributed by atoms with Gasteiger partial charge in [0.05, 0.1) is 0 Å². The quantitative estimate of drug-likeness (QED) is 0.751. The number of likely N-dealkylation sites (tertiary alicyclic amines) is 2. The second-order valence-corrected chi connectivity index (χ2v) is 9.14. The van der Waals surface area contributed by atoms with E-state index in [0.717, 1.165) is 31.7 Å². The Morgan fingerprint density at radius 1 is 0.964 bits per heavy atom. The Kier molecular flexibility index (Phi) is 7.35. The summed E-state index contributed by atoms with van der Waals surface area (Å²) < 4.78 is 5.63. The Balaban J connectivity index is 1.31. The molecule has 0 spiro atoms. The van der Waals surface area contributed by atoms with E-state index in [1.807, 2.05) is 12.4 Å². The van der Waals surface area contributed by atoms with Crippen LogP contribution < -0.4 is 0 Å². The van der Waals surface area contributed by atoms with Crippen LogP contribution >= 0.6 is 0 Å². The molecule has 0 N–H and O–H groups in total. The Morgan fingerprint density at radius 3 is 2.32 bits per heavy atom. The molecule has 0 amide bonds. The van der Waals surface area contributed by atoms with Gasteiger partial charge in [-0.3, -0.25) is 9.88 Å². The zero-order chi connectivity index (χ0) is 19.2. The number of pyridine rings is 1. The minimum atomic E-state index is 0.675. The topological polar surface area (TPSA) is 31.8 Å². The number of aromatic nitrogens is 1. The predicted octanol–water partition coefficient (Wildman–Crippen LogP) is 2.87. The van der Waals surface area contributed by atoms with E-state index in [-0.39, 0.29) is 0 Å². The summed E-state index contributed by atoms with van der Waals surface area (Å²) in [6, 6.07) is 5.86. The Hall–Kier alpha value is -1.01. The van der Waals surface area contributed by atoms with Crippen molar-refractivity contribution < 1.29 is 4.74 Å². The number of rotatable bonds is 6. The van der Waals surface area contributed by atoms with Crippen LogP contribution in [0.3, 0.4) is 0 Å². The minimum absolute atomic E-state index is 0.675. The van der Waals surface area contributed by atoms with Gasteiger partial charge >= 0.3 is 0 Å². The van der Waals surface area contributed by atoms with Crippen LogP contribution in [-0.4, -0.2) is 84.8 Å². The Labute approximate surface area is 171 Å². The van der Waals surface area contributed by atoms with Crippen molar-refractivity contribution in [2.45, 2.75) is 57.2 Å². The maximum absolute atomic E-state index is 5.63. The Bertz CT molecular complexity index is 561. The van der Waals surface area contributed by atoms with Gasteiger partial charge in [0, 0.05) is 50.8 Å². The molecule has 5 nitrogen and oxygen atoms in total. The molecule has 0 aliphatic carbocycles. The lowest BCUT2D eigenvalue weighted by atomic mass is 9.92. The molecule has 0 atom stereocenters. The van der Waals surface area contributed by atoms with Crippen LogP contribution in [0.1, 0.15) is 44.1 Å². The molecule has 3 saturated heterocycles. The first-order valence-electron chi connectivity index (χ1n) is 11.4. The molecule has 0 bridgehead atoms. The fourth-order valence-electron chi connectivity index (χ4n) is 5.31. The summed E-state index contributed by atoms with van der Waals surface area (Å²) in [6.07, 6.45) is 11.7. The molecule has 3 fully saturated rings. The standard InChI is InChI=1S/C23H38N4O/c1-25-12-6-22(7-13-25)26-14-4-21(5-15-26)19-27(23-8-16-28-17-9-23)18-20-2-10-24-11-3-20/h2-3,10-11,21-23H,4-9,12-19H2,1H3. The lowest BCUT2D eigenvalue weighted by Crippen LogP contribution is -2.49. The van der Waals surface area contributed by atoms with Crippen molar-refractivity contribution in [2.24, 2.45) is 5.92 Å². The first-order chi connectivity index (χ1) is 13.8. The number of hydrogen-bond donors (Lipinski definition) is 0. The molecule has 0 saturated carbocycles. The molecule has 1 aromatic heterocycles. The molecule has 0 aromatic carbocycles. The SMILES string of the molecule is CN1CCC(N2CCC(CN(Cc3ccncc3)C3CCOCC3)CC2)CC1. The van der Waals surface area contributed by atoms with Crippen LogP contribution in [0.15, 0.2) is 24.5 Å². The van der Waals surface area contributed by atoms with Crippen molar-refractivity contribution in [2.75, 3.05) is 53.0 Å². The molecule has 1 aromatic rings. The number of piperidine rings is 2. The monoisotopic (exact) mass is 386 g/mol. The molecular formula is C23H38N4O. The van der Waals surface area contributed by atoms with Crippen molar-refractivity contribution >= 4 is 0 Å². The van der Waals surface area contributed by atoms with Crippen molar-refractivity contribution in [3.05, 3.63) is 30.1 Å². The van der Waals surface area contributed by atoms with Crippen LogP contribution in [-0.2, 0) is 11.3 Å². The third-order valence-corrected chi connectivity index (χ3v) is 7.19. The molecule has 5 heteroatoms. The van der Waals surface area contributed by atoms with E-state index in [2.05, 4.69) is 38.9 Å². The van der Waals surface area contributed by atoms with Gasteiger partial charge in [0.1, 0.15) is 0 Å². The van der Waals surface area contributed by atoms with Crippen LogP contribution in [0.25, 0.3) is 0 Å². The van der Waals surface area contributed by atoms with Gasteiger partial charge < -0.3 is 14.5 Å². The summed E-state index contributed by atoms with van der Waals surface area (Å²) in [6.45, 7) is 9.29. The van der Waals surface area contributed by atoms with Crippen molar-refractivity contribution in [1.82, 2.24) is 19.7 Å². The van der Waals surface area contributed by atoms with Gasteiger partial charge in [-0.1, -0.05) is 0 Å². The van der Waals surface area contributed by atoms with E-state index in [0.29, 0.717) is 6.04 Å². The molecule has 3 aliphatic rings. The first kappa shape index (κ1) is 20.3. The highest BCUT2D eigenvalue weighted by Crippen LogP contribution is 2.26. The Morgan fingerprint density at radius 2 is 1.64 bits per heavy atom. The normalized spacial score (nSPS) is 24.8. The number of hydrogen-bond acceptors (Lipinski definition) is 5. The maximum Gasteiger partial charge on any atom is 0.0480 e. The smallest absolute Gasteiger partial charge is 0.0480 e. The first-order valence-corrected chi connectivity index (χ1v) is 11.4. The highest BCUT2D eigenvalue weighted by atomic mass is 16.5. The summed E-state index contributed by atoms with van der Waals surface area (Å²) in [5, 5.41) is 0. The zero-order valence-electron chi connectivity index (χ0n) is 17.6. The van der Waals surface area contributed by atoms with Gasteiger partial charge in [-0.25, -0.2) is 0 Å². The van der Waals surface area contributed by atoms with Gasteiger partial charge in [-0.2, -0.15) is 0 Å². The van der Waals surface area contributed by atoms with Crippen molar-refractivity contribution in [3.8, 4) is 0 Å². The van der Waals surface area contributed by atoms with Gasteiger partial charge in [-0.05, 0) is 95.4 Å². The van der Waals surface area contributed by atoms with Gasteiger partial charge in [-0.15, -0.1) is 0 Å². The molecule has 28 heavy (non-hydrogen) atoms. The van der Waals surface area contributed by atoms with Gasteiger partial charge in [0.2, 0.25) is 0 Å². The summed E-state index contributed by atoms with van der Waals surface area (Å²) in [4.78, 5) is 12.2. The second kappa shape index (κ2) is 10.1. The lowest BCUT2D eigenvalue weighted by molar-refractivity contribution is 0.0156. The van der Waals surface area contributed by atoms with Crippen LogP contribution in [0.5, 0.6) is 0 Å². The van der Waals surface area contributed by atoms with Crippen molar-refractivity contribution in [3.63, 3.8) is 0 Å². The van der Waals surface area contributed by atoms with E-state index in [9.17, 15) is 0 Å². The third kappa shape index (κ3) is 5.53. The number of ether oxygens (including phenoxy) is 1. The van der Waals surface area contributed by atoms with Gasteiger partial charge in [0.15, 0.2) is 0 Å². The van der Waals surface area contributed by atoms with Crippen LogP contribution in [0.4, 0.5) is 0 Å².